The van der Waals surface area contributed by atoms with E-state index >= 15 is 0 Å². The largest absolute Gasteiger partial charge is 0.389 e. The Morgan fingerprint density at radius 3 is 1.74 bits per heavy atom. The number of hydrogen-bond donors (Lipinski definition) is 4. The molecule has 2 unspecified atom stereocenters. The van der Waals surface area contributed by atoms with E-state index in [0.29, 0.717) is 11.8 Å². The summed E-state index contributed by atoms with van der Waals surface area (Å²) in [5.74, 6) is 1.27. The topological polar surface area (TPSA) is 85.3 Å². The summed E-state index contributed by atoms with van der Waals surface area (Å²) in [4.78, 5) is 0. The molecule has 0 spiro atoms. The van der Waals surface area contributed by atoms with Gasteiger partial charge in [0.25, 0.3) is 0 Å². The van der Waals surface area contributed by atoms with Crippen molar-refractivity contribution in [2.75, 3.05) is 39.4 Å². The monoisotopic (exact) mass is 535 g/mol. The molecule has 1 saturated carbocycles. The van der Waals surface area contributed by atoms with Crippen molar-refractivity contribution in [1.29, 1.82) is 0 Å². The summed E-state index contributed by atoms with van der Waals surface area (Å²) in [6.45, 7) is 14.8. The van der Waals surface area contributed by atoms with Gasteiger partial charge in [0, 0.05) is 37.7 Å². The van der Waals surface area contributed by atoms with Crippen LogP contribution >= 0.6 is 0 Å². The molecule has 0 radical (unpaired) electrons. The molecule has 1 aliphatic rings. The van der Waals surface area contributed by atoms with Crippen LogP contribution in [0.3, 0.4) is 0 Å². The van der Waals surface area contributed by atoms with Crippen LogP contribution in [0.25, 0.3) is 0 Å². The lowest BCUT2D eigenvalue weighted by Gasteiger charge is -2.25. The summed E-state index contributed by atoms with van der Waals surface area (Å²) in [6.07, 6.45) is 23.9. The SMILES string of the molecule is C=C(CCC(C)C(C)C(NCCCCCOCCCCCN)=C1CC1)NCCCCCCCCCCCN. The Morgan fingerprint density at radius 2 is 1.18 bits per heavy atom. The van der Waals surface area contributed by atoms with Gasteiger partial charge in [-0.05, 0) is 102 Å². The molecule has 2 atom stereocenters. The van der Waals surface area contributed by atoms with E-state index in [0.717, 1.165) is 58.7 Å². The highest BCUT2D eigenvalue weighted by molar-refractivity contribution is 5.26. The Morgan fingerprint density at radius 1 is 0.711 bits per heavy atom. The third-order valence-electron chi connectivity index (χ3n) is 8.12. The Hall–Kier alpha value is -1.04. The molecule has 0 aromatic rings. The van der Waals surface area contributed by atoms with Crippen molar-refractivity contribution in [3.8, 4) is 0 Å². The van der Waals surface area contributed by atoms with Crippen LogP contribution in [0.4, 0.5) is 0 Å². The molecule has 0 amide bonds. The maximum atomic E-state index is 5.75. The Balaban J connectivity index is 2.05. The van der Waals surface area contributed by atoms with Gasteiger partial charge in [-0.2, -0.15) is 0 Å². The molecule has 1 rings (SSSR count). The molecule has 224 valence electrons. The predicted octanol–water partition coefficient (Wildman–Crippen LogP) is 7.57. The quantitative estimate of drug-likeness (QED) is 0.0744. The highest BCUT2D eigenvalue weighted by Gasteiger charge is 2.25. The van der Waals surface area contributed by atoms with Crippen LogP contribution in [0.15, 0.2) is 23.5 Å². The second-order valence-corrected chi connectivity index (χ2v) is 11.8. The molecule has 5 nitrogen and oxygen atoms in total. The fourth-order valence-electron chi connectivity index (χ4n) is 5.09. The van der Waals surface area contributed by atoms with Crippen molar-refractivity contribution in [2.45, 2.75) is 136 Å². The molecule has 0 aromatic heterocycles. The first-order chi connectivity index (χ1) is 18.6. The summed E-state index contributed by atoms with van der Waals surface area (Å²) < 4.78 is 5.75. The van der Waals surface area contributed by atoms with Crippen LogP contribution in [-0.2, 0) is 4.74 Å². The van der Waals surface area contributed by atoms with E-state index < -0.39 is 0 Å². The fourth-order valence-corrected chi connectivity index (χ4v) is 5.09. The number of rotatable bonds is 29. The fraction of sp³-hybridized carbons (Fsp3) is 0.879. The van der Waals surface area contributed by atoms with Crippen LogP contribution in [0.2, 0.25) is 0 Å². The zero-order chi connectivity index (χ0) is 27.7. The van der Waals surface area contributed by atoms with Crippen molar-refractivity contribution >= 4 is 0 Å². The van der Waals surface area contributed by atoms with Crippen molar-refractivity contribution in [2.24, 2.45) is 23.3 Å². The van der Waals surface area contributed by atoms with E-state index in [2.05, 4.69) is 31.1 Å². The second-order valence-electron chi connectivity index (χ2n) is 11.8. The van der Waals surface area contributed by atoms with Gasteiger partial charge < -0.3 is 26.8 Å². The molecule has 6 N–H and O–H groups in total. The van der Waals surface area contributed by atoms with Gasteiger partial charge in [-0.1, -0.05) is 70.9 Å². The summed E-state index contributed by atoms with van der Waals surface area (Å²) in [6, 6.07) is 0. The molecule has 0 heterocycles. The third kappa shape index (κ3) is 19.9. The predicted molar refractivity (Wildman–Crippen MR) is 167 cm³/mol. The summed E-state index contributed by atoms with van der Waals surface area (Å²) in [5, 5.41) is 7.43. The minimum atomic E-state index is 0.604. The number of nitrogens with one attached hydrogen (secondary N) is 2. The molecule has 0 saturated heterocycles. The van der Waals surface area contributed by atoms with Crippen molar-refractivity contribution < 1.29 is 4.74 Å². The van der Waals surface area contributed by atoms with Gasteiger partial charge in [0.2, 0.25) is 0 Å². The molecule has 1 aliphatic carbocycles. The minimum Gasteiger partial charge on any atom is -0.389 e. The normalized spacial score (nSPS) is 14.4. The van der Waals surface area contributed by atoms with E-state index in [1.54, 1.807) is 11.3 Å². The first-order valence-corrected chi connectivity index (χ1v) is 16.5. The van der Waals surface area contributed by atoms with E-state index in [1.807, 2.05) is 0 Å². The average molecular weight is 535 g/mol. The van der Waals surface area contributed by atoms with Crippen molar-refractivity contribution in [3.05, 3.63) is 23.5 Å². The minimum absolute atomic E-state index is 0.604. The molecule has 0 aliphatic heterocycles. The van der Waals surface area contributed by atoms with E-state index in [-0.39, 0.29) is 0 Å². The summed E-state index contributed by atoms with van der Waals surface area (Å²) in [5.41, 5.74) is 15.5. The summed E-state index contributed by atoms with van der Waals surface area (Å²) >= 11 is 0. The zero-order valence-corrected chi connectivity index (χ0v) is 25.6. The highest BCUT2D eigenvalue weighted by Crippen LogP contribution is 2.36. The molecule has 5 heteroatoms. The van der Waals surface area contributed by atoms with Gasteiger partial charge in [0.1, 0.15) is 0 Å². The van der Waals surface area contributed by atoms with E-state index in [9.17, 15) is 0 Å². The second kappa shape index (κ2) is 25.0. The van der Waals surface area contributed by atoms with Gasteiger partial charge in [0.05, 0.1) is 0 Å². The van der Waals surface area contributed by atoms with Crippen LogP contribution < -0.4 is 22.1 Å². The number of ether oxygens (including phenoxy) is 1. The number of hydrogen-bond acceptors (Lipinski definition) is 5. The molecule has 0 bridgehead atoms. The van der Waals surface area contributed by atoms with Crippen molar-refractivity contribution in [3.63, 3.8) is 0 Å². The lowest BCUT2D eigenvalue weighted by molar-refractivity contribution is 0.126. The smallest absolute Gasteiger partial charge is 0.0466 e. The van der Waals surface area contributed by atoms with E-state index in [1.165, 1.54) is 108 Å². The standard InChI is InChI=1S/C33H66N4O/c1-29(19-20-30(2)36-25-15-10-8-6-4-5-7-9-13-23-34)31(3)33(32-21-22-32)37-26-16-12-18-28-38-27-17-11-14-24-35/h29,31,36-37H,2,4-28,34-35H2,1,3H3. The lowest BCUT2D eigenvalue weighted by Crippen LogP contribution is -2.25. The highest BCUT2D eigenvalue weighted by atomic mass is 16.5. The van der Waals surface area contributed by atoms with Crippen LogP contribution in [0.5, 0.6) is 0 Å². The van der Waals surface area contributed by atoms with Crippen LogP contribution in [0, 0.1) is 11.8 Å². The molecule has 0 aromatic carbocycles. The van der Waals surface area contributed by atoms with Crippen LogP contribution in [-0.4, -0.2) is 39.4 Å². The van der Waals surface area contributed by atoms with Gasteiger partial charge >= 0.3 is 0 Å². The zero-order valence-electron chi connectivity index (χ0n) is 25.6. The maximum absolute atomic E-state index is 5.75. The molecule has 38 heavy (non-hydrogen) atoms. The number of nitrogens with two attached hydrogens (primary N) is 2. The molecule has 1 fully saturated rings. The first kappa shape index (κ1) is 35.0. The Bertz CT molecular complexity index is 586. The average Bonchev–Trinajstić information content (AvgIpc) is 3.76. The third-order valence-corrected chi connectivity index (χ3v) is 8.12. The lowest BCUT2D eigenvalue weighted by atomic mass is 9.88. The van der Waals surface area contributed by atoms with Gasteiger partial charge in [-0.25, -0.2) is 0 Å². The summed E-state index contributed by atoms with van der Waals surface area (Å²) in [7, 11) is 0. The van der Waals surface area contributed by atoms with E-state index in [4.69, 9.17) is 16.2 Å². The number of unbranched alkanes of at least 4 members (excludes halogenated alkanes) is 12. The number of allylic oxidation sites excluding steroid dienone is 3. The Kier molecular flexibility index (Phi) is 23.0. The van der Waals surface area contributed by atoms with Crippen molar-refractivity contribution in [1.82, 2.24) is 10.6 Å². The van der Waals surface area contributed by atoms with Gasteiger partial charge in [0.15, 0.2) is 0 Å². The van der Waals surface area contributed by atoms with Gasteiger partial charge in [-0.3, -0.25) is 0 Å². The van der Waals surface area contributed by atoms with Crippen LogP contribution in [0.1, 0.15) is 136 Å². The maximum Gasteiger partial charge on any atom is 0.0466 e. The first-order valence-electron chi connectivity index (χ1n) is 16.5. The molecular formula is C33H66N4O. The van der Waals surface area contributed by atoms with Gasteiger partial charge in [-0.15, -0.1) is 0 Å². The molecular weight excluding hydrogens is 468 g/mol. The Labute approximate surface area is 237 Å².